The minimum Gasteiger partial charge on any atom is -0.393 e. The van der Waals surface area contributed by atoms with Gasteiger partial charge >= 0.3 is 0 Å². The van der Waals surface area contributed by atoms with Crippen LogP contribution in [0.1, 0.15) is 19.8 Å². The van der Waals surface area contributed by atoms with E-state index in [0.717, 1.165) is 19.5 Å². The van der Waals surface area contributed by atoms with Gasteiger partial charge in [0.15, 0.2) is 0 Å². The lowest BCUT2D eigenvalue weighted by atomic mass is 10.3. The Kier molecular flexibility index (Phi) is 8.57. The summed E-state index contributed by atoms with van der Waals surface area (Å²) in [5.74, 6) is 1.22. The summed E-state index contributed by atoms with van der Waals surface area (Å²) in [6.45, 7) is 3.84. The molecule has 0 aromatic carbocycles. The first kappa shape index (κ1) is 11.3. The van der Waals surface area contributed by atoms with Crippen LogP contribution in [0.3, 0.4) is 0 Å². The number of aliphatic hydroxyl groups is 1. The van der Waals surface area contributed by atoms with Gasteiger partial charge in [0.1, 0.15) is 0 Å². The maximum absolute atomic E-state index is 8.91. The van der Waals surface area contributed by atoms with Crippen molar-refractivity contribution in [2.45, 2.75) is 25.9 Å². The van der Waals surface area contributed by atoms with Gasteiger partial charge in [-0.25, -0.2) is 0 Å². The van der Waals surface area contributed by atoms with Crippen LogP contribution in [0.15, 0.2) is 0 Å². The van der Waals surface area contributed by atoms with E-state index in [1.54, 1.807) is 0 Å². The third-order valence-electron chi connectivity index (χ3n) is 1.44. The molecule has 0 bridgehead atoms. The number of aliphatic hydroxyl groups excluding tert-OH is 1. The normalized spacial score (nSPS) is 13.4. The van der Waals surface area contributed by atoms with E-state index in [1.807, 2.05) is 18.7 Å². The van der Waals surface area contributed by atoms with Crippen LogP contribution < -0.4 is 5.32 Å². The van der Waals surface area contributed by atoms with Crippen LogP contribution >= 0.6 is 11.8 Å². The smallest absolute Gasteiger partial charge is 0.0524 e. The molecule has 0 aliphatic heterocycles. The van der Waals surface area contributed by atoms with Gasteiger partial charge in [0.2, 0.25) is 0 Å². The molecule has 68 valence electrons. The van der Waals surface area contributed by atoms with E-state index >= 15 is 0 Å². The maximum Gasteiger partial charge on any atom is 0.0524 e. The lowest BCUT2D eigenvalue weighted by Gasteiger charge is -2.05. The van der Waals surface area contributed by atoms with Gasteiger partial charge < -0.3 is 10.4 Å². The summed E-state index contributed by atoms with van der Waals surface area (Å²) in [6.07, 6.45) is 4.04. The van der Waals surface area contributed by atoms with Gasteiger partial charge in [0.25, 0.3) is 0 Å². The third-order valence-corrected chi connectivity index (χ3v) is 2.14. The van der Waals surface area contributed by atoms with Crippen LogP contribution in [0.5, 0.6) is 0 Å². The Morgan fingerprint density at radius 3 is 2.73 bits per heavy atom. The molecule has 0 saturated heterocycles. The zero-order valence-electron chi connectivity index (χ0n) is 7.47. The van der Waals surface area contributed by atoms with Gasteiger partial charge in [0.05, 0.1) is 6.10 Å². The summed E-state index contributed by atoms with van der Waals surface area (Å²) in [6, 6.07) is 0. The minimum absolute atomic E-state index is 0.164. The van der Waals surface area contributed by atoms with Gasteiger partial charge in [-0.1, -0.05) is 0 Å². The zero-order valence-corrected chi connectivity index (χ0v) is 8.28. The largest absolute Gasteiger partial charge is 0.393 e. The molecule has 0 spiro atoms. The molecule has 0 aliphatic carbocycles. The molecule has 0 aliphatic rings. The van der Waals surface area contributed by atoms with E-state index in [9.17, 15) is 0 Å². The summed E-state index contributed by atoms with van der Waals surface area (Å²) in [5, 5.41) is 12.2. The fourth-order valence-corrected chi connectivity index (χ4v) is 1.21. The topological polar surface area (TPSA) is 32.3 Å². The molecular formula is C8H19NOS. The molecular weight excluding hydrogens is 158 g/mol. The Balaban J connectivity index is 2.80. The van der Waals surface area contributed by atoms with E-state index in [4.69, 9.17) is 5.11 Å². The first-order chi connectivity index (χ1) is 5.27. The predicted octanol–water partition coefficient (Wildman–Crippen LogP) is 1.10. The second-order valence-corrected chi connectivity index (χ2v) is 3.72. The Labute approximate surface area is 73.8 Å². The summed E-state index contributed by atoms with van der Waals surface area (Å²) in [5.41, 5.74) is 0. The van der Waals surface area contributed by atoms with Gasteiger partial charge in [-0.2, -0.15) is 11.8 Å². The van der Waals surface area contributed by atoms with Crippen molar-refractivity contribution in [3.8, 4) is 0 Å². The van der Waals surface area contributed by atoms with Crippen LogP contribution in [-0.2, 0) is 0 Å². The van der Waals surface area contributed by atoms with Crippen LogP contribution in [0.2, 0.25) is 0 Å². The van der Waals surface area contributed by atoms with Crippen molar-refractivity contribution in [3.05, 3.63) is 0 Å². The third kappa shape index (κ3) is 10.3. The Bertz CT molecular complexity index is 78.5. The fraction of sp³-hybridized carbons (Fsp3) is 1.00. The fourth-order valence-electron chi connectivity index (χ4n) is 0.777. The molecule has 0 fully saturated rings. The Hall–Kier alpha value is 0.270. The second kappa shape index (κ2) is 8.37. The number of thioether (sulfide) groups is 1. The van der Waals surface area contributed by atoms with Gasteiger partial charge in [0, 0.05) is 0 Å². The van der Waals surface area contributed by atoms with E-state index in [1.165, 1.54) is 12.2 Å². The highest BCUT2D eigenvalue weighted by Crippen LogP contribution is 1.93. The summed E-state index contributed by atoms with van der Waals surface area (Å²) < 4.78 is 0. The Morgan fingerprint density at radius 1 is 1.45 bits per heavy atom. The molecule has 0 heterocycles. The van der Waals surface area contributed by atoms with Crippen molar-refractivity contribution in [3.63, 3.8) is 0 Å². The number of hydrogen-bond donors (Lipinski definition) is 2. The SMILES string of the molecule is CSCCCNCCC(C)O. The molecule has 2 nitrogen and oxygen atoms in total. The molecule has 0 aromatic heterocycles. The highest BCUT2D eigenvalue weighted by Gasteiger charge is 1.93. The van der Waals surface area contributed by atoms with Gasteiger partial charge in [-0.3, -0.25) is 0 Å². The molecule has 1 unspecified atom stereocenters. The lowest BCUT2D eigenvalue weighted by Crippen LogP contribution is -2.20. The molecule has 3 heteroatoms. The molecule has 0 rings (SSSR count). The summed E-state index contributed by atoms with van der Waals surface area (Å²) >= 11 is 1.88. The second-order valence-electron chi connectivity index (χ2n) is 2.73. The summed E-state index contributed by atoms with van der Waals surface area (Å²) in [7, 11) is 0. The first-order valence-corrected chi connectivity index (χ1v) is 5.54. The van der Waals surface area contributed by atoms with E-state index in [-0.39, 0.29) is 6.10 Å². The van der Waals surface area contributed by atoms with Crippen molar-refractivity contribution in [1.29, 1.82) is 0 Å². The first-order valence-electron chi connectivity index (χ1n) is 4.15. The molecule has 0 saturated carbocycles. The van der Waals surface area contributed by atoms with Crippen LogP contribution in [0.25, 0.3) is 0 Å². The lowest BCUT2D eigenvalue weighted by molar-refractivity contribution is 0.184. The summed E-state index contributed by atoms with van der Waals surface area (Å²) in [4.78, 5) is 0. The number of hydrogen-bond acceptors (Lipinski definition) is 3. The van der Waals surface area contributed by atoms with Crippen molar-refractivity contribution in [2.24, 2.45) is 0 Å². The molecule has 2 N–H and O–H groups in total. The van der Waals surface area contributed by atoms with E-state index in [0.29, 0.717) is 0 Å². The number of nitrogens with one attached hydrogen (secondary N) is 1. The van der Waals surface area contributed by atoms with Crippen molar-refractivity contribution in [2.75, 3.05) is 25.1 Å². The molecule has 0 amide bonds. The van der Waals surface area contributed by atoms with Gasteiger partial charge in [-0.15, -0.1) is 0 Å². The van der Waals surface area contributed by atoms with Crippen molar-refractivity contribution >= 4 is 11.8 Å². The van der Waals surface area contributed by atoms with Crippen molar-refractivity contribution in [1.82, 2.24) is 5.32 Å². The van der Waals surface area contributed by atoms with Crippen LogP contribution in [-0.4, -0.2) is 36.3 Å². The van der Waals surface area contributed by atoms with Crippen LogP contribution in [0, 0.1) is 0 Å². The maximum atomic E-state index is 8.91. The van der Waals surface area contributed by atoms with Crippen LogP contribution in [0.4, 0.5) is 0 Å². The van der Waals surface area contributed by atoms with Gasteiger partial charge in [-0.05, 0) is 44.9 Å². The highest BCUT2D eigenvalue weighted by molar-refractivity contribution is 7.98. The predicted molar refractivity (Wildman–Crippen MR) is 52.2 cm³/mol. The van der Waals surface area contributed by atoms with E-state index in [2.05, 4.69) is 11.6 Å². The highest BCUT2D eigenvalue weighted by atomic mass is 32.2. The van der Waals surface area contributed by atoms with E-state index < -0.39 is 0 Å². The average Bonchev–Trinajstić information content (AvgIpc) is 1.96. The molecule has 0 radical (unpaired) electrons. The quantitative estimate of drug-likeness (QED) is 0.571. The number of rotatable bonds is 7. The molecule has 0 aromatic rings. The molecule has 11 heavy (non-hydrogen) atoms. The standard InChI is InChI=1S/C8H19NOS/c1-8(10)4-6-9-5-3-7-11-2/h8-10H,3-7H2,1-2H3. The molecule has 1 atom stereocenters. The Morgan fingerprint density at radius 2 is 2.18 bits per heavy atom. The minimum atomic E-state index is -0.164. The van der Waals surface area contributed by atoms with Crippen molar-refractivity contribution < 1.29 is 5.11 Å². The zero-order chi connectivity index (χ0) is 8.53. The average molecular weight is 177 g/mol. The monoisotopic (exact) mass is 177 g/mol.